The average Bonchev–Trinajstić information content (AvgIpc) is 3.11. The van der Waals surface area contributed by atoms with Gasteiger partial charge in [-0.1, -0.05) is 90.4 Å². The van der Waals surface area contributed by atoms with Crippen LogP contribution in [0, 0.1) is 0 Å². The SMILES string of the molecule is CCCCCCCCCCCCCCCCn1c(C(C)=O)cnc1NC(=O)OCC. The van der Waals surface area contributed by atoms with Gasteiger partial charge in [0.2, 0.25) is 5.95 Å². The Morgan fingerprint density at radius 3 is 1.83 bits per heavy atom. The van der Waals surface area contributed by atoms with E-state index in [0.29, 0.717) is 24.8 Å². The summed E-state index contributed by atoms with van der Waals surface area (Å²) in [7, 11) is 0. The summed E-state index contributed by atoms with van der Waals surface area (Å²) in [5.74, 6) is 0.332. The molecule has 1 aromatic heterocycles. The van der Waals surface area contributed by atoms with Crippen molar-refractivity contribution in [3.63, 3.8) is 0 Å². The highest BCUT2D eigenvalue weighted by Gasteiger charge is 2.15. The smallest absolute Gasteiger partial charge is 0.413 e. The Morgan fingerprint density at radius 2 is 1.37 bits per heavy atom. The van der Waals surface area contributed by atoms with Crippen LogP contribution in [0.25, 0.3) is 0 Å². The first-order valence-electron chi connectivity index (χ1n) is 12.1. The monoisotopic (exact) mass is 421 g/mol. The zero-order chi connectivity index (χ0) is 22.0. The van der Waals surface area contributed by atoms with Crippen molar-refractivity contribution < 1.29 is 14.3 Å². The van der Waals surface area contributed by atoms with Crippen LogP contribution in [-0.4, -0.2) is 28.0 Å². The summed E-state index contributed by atoms with van der Waals surface area (Å²) in [4.78, 5) is 27.7. The number of imidazole rings is 1. The number of rotatable bonds is 18. The molecule has 0 unspecified atom stereocenters. The molecule has 30 heavy (non-hydrogen) atoms. The summed E-state index contributed by atoms with van der Waals surface area (Å²) in [5, 5.41) is 2.62. The minimum atomic E-state index is -0.541. The largest absolute Gasteiger partial charge is 0.450 e. The number of nitrogens with zero attached hydrogens (tertiary/aromatic N) is 2. The molecule has 0 bridgehead atoms. The zero-order valence-electron chi connectivity index (χ0n) is 19.5. The first-order chi connectivity index (χ1) is 14.6. The van der Waals surface area contributed by atoms with Crippen molar-refractivity contribution in [1.29, 1.82) is 0 Å². The summed E-state index contributed by atoms with van der Waals surface area (Å²) in [5.41, 5.74) is 0.525. The molecule has 0 aliphatic carbocycles. The van der Waals surface area contributed by atoms with Gasteiger partial charge in [-0.3, -0.25) is 10.1 Å². The number of amides is 1. The van der Waals surface area contributed by atoms with Gasteiger partial charge < -0.3 is 9.30 Å². The first-order valence-corrected chi connectivity index (χ1v) is 12.1. The molecule has 1 N–H and O–H groups in total. The third-order valence-corrected chi connectivity index (χ3v) is 5.44. The Kier molecular flexibility index (Phi) is 14.7. The fraction of sp³-hybridized carbons (Fsp3) is 0.792. The van der Waals surface area contributed by atoms with Gasteiger partial charge in [0.25, 0.3) is 0 Å². The van der Waals surface area contributed by atoms with Crippen LogP contribution in [0.2, 0.25) is 0 Å². The fourth-order valence-electron chi connectivity index (χ4n) is 3.71. The van der Waals surface area contributed by atoms with Crippen LogP contribution >= 0.6 is 0 Å². The van der Waals surface area contributed by atoms with Crippen LogP contribution in [0.5, 0.6) is 0 Å². The van der Waals surface area contributed by atoms with Crippen molar-refractivity contribution >= 4 is 17.8 Å². The molecule has 172 valence electrons. The van der Waals surface area contributed by atoms with E-state index in [1.165, 1.54) is 90.2 Å². The van der Waals surface area contributed by atoms with Crippen LogP contribution in [0.1, 0.15) is 121 Å². The van der Waals surface area contributed by atoms with E-state index >= 15 is 0 Å². The third-order valence-electron chi connectivity index (χ3n) is 5.44. The van der Waals surface area contributed by atoms with Crippen LogP contribution < -0.4 is 5.32 Å². The van der Waals surface area contributed by atoms with Crippen LogP contribution in [0.4, 0.5) is 10.7 Å². The predicted octanol–water partition coefficient (Wildman–Crippen LogP) is 7.14. The number of carbonyl (C=O) groups excluding carboxylic acids is 2. The van der Waals surface area contributed by atoms with Gasteiger partial charge in [-0.05, 0) is 13.3 Å². The van der Waals surface area contributed by atoms with Crippen LogP contribution in [0.15, 0.2) is 6.20 Å². The van der Waals surface area contributed by atoms with E-state index in [4.69, 9.17) is 4.74 Å². The molecule has 0 radical (unpaired) electrons. The zero-order valence-corrected chi connectivity index (χ0v) is 19.5. The summed E-state index contributed by atoms with van der Waals surface area (Å²) >= 11 is 0. The van der Waals surface area contributed by atoms with Gasteiger partial charge in [0, 0.05) is 13.5 Å². The van der Waals surface area contributed by atoms with Gasteiger partial charge >= 0.3 is 6.09 Å². The van der Waals surface area contributed by atoms with Gasteiger partial charge in [0.1, 0.15) is 5.69 Å². The Morgan fingerprint density at radius 1 is 0.867 bits per heavy atom. The molecule has 0 aromatic carbocycles. The second-order valence-corrected chi connectivity index (χ2v) is 8.12. The van der Waals surface area contributed by atoms with Crippen LogP contribution in [-0.2, 0) is 11.3 Å². The molecule has 1 heterocycles. The van der Waals surface area contributed by atoms with E-state index in [1.54, 1.807) is 11.5 Å². The number of aromatic nitrogens is 2. The second-order valence-electron chi connectivity index (χ2n) is 8.12. The van der Waals surface area contributed by atoms with Crippen molar-refractivity contribution in [1.82, 2.24) is 9.55 Å². The van der Waals surface area contributed by atoms with Crippen molar-refractivity contribution in [2.75, 3.05) is 11.9 Å². The number of Topliss-reactive ketones (excluding diaryl/α,β-unsaturated/α-hetero) is 1. The molecule has 0 atom stereocenters. The number of carbonyl (C=O) groups is 2. The number of unbranched alkanes of at least 4 members (excludes halogenated alkanes) is 13. The maximum Gasteiger partial charge on any atom is 0.413 e. The highest BCUT2D eigenvalue weighted by molar-refractivity contribution is 5.93. The van der Waals surface area contributed by atoms with E-state index in [0.717, 1.165) is 12.8 Å². The van der Waals surface area contributed by atoms with Crippen molar-refractivity contribution in [2.45, 2.75) is 117 Å². The van der Waals surface area contributed by atoms with E-state index in [9.17, 15) is 9.59 Å². The predicted molar refractivity (Wildman–Crippen MR) is 123 cm³/mol. The molecule has 0 saturated carbocycles. The Balaban J connectivity index is 2.15. The molecule has 0 fully saturated rings. The third kappa shape index (κ3) is 11.4. The van der Waals surface area contributed by atoms with Gasteiger partial charge in [-0.25, -0.2) is 9.78 Å². The van der Waals surface area contributed by atoms with E-state index < -0.39 is 6.09 Å². The van der Waals surface area contributed by atoms with Gasteiger partial charge in [0.05, 0.1) is 12.8 Å². The molecule has 0 spiro atoms. The molecule has 0 aliphatic heterocycles. The average molecular weight is 422 g/mol. The number of ether oxygens (including phenoxy) is 1. The van der Waals surface area contributed by atoms with Gasteiger partial charge in [-0.2, -0.15) is 0 Å². The normalized spacial score (nSPS) is 10.9. The summed E-state index contributed by atoms with van der Waals surface area (Å²) in [6.45, 7) is 6.51. The van der Waals surface area contributed by atoms with Crippen LogP contribution in [0.3, 0.4) is 0 Å². The number of anilines is 1. The lowest BCUT2D eigenvalue weighted by Crippen LogP contribution is -2.18. The fourth-order valence-corrected chi connectivity index (χ4v) is 3.71. The number of ketones is 1. The molecular formula is C24H43N3O3. The van der Waals surface area contributed by atoms with Crippen molar-refractivity contribution in [2.24, 2.45) is 0 Å². The maximum atomic E-state index is 11.8. The van der Waals surface area contributed by atoms with Gasteiger partial charge in [0.15, 0.2) is 5.78 Å². The Labute approximate surface area is 183 Å². The minimum Gasteiger partial charge on any atom is -0.450 e. The van der Waals surface area contributed by atoms with E-state index in [1.807, 2.05) is 0 Å². The topological polar surface area (TPSA) is 73.2 Å². The second kappa shape index (κ2) is 16.9. The molecule has 0 saturated heterocycles. The highest BCUT2D eigenvalue weighted by atomic mass is 16.5. The highest BCUT2D eigenvalue weighted by Crippen LogP contribution is 2.16. The van der Waals surface area contributed by atoms with Crippen molar-refractivity contribution in [3.05, 3.63) is 11.9 Å². The lowest BCUT2D eigenvalue weighted by molar-refractivity contribution is 0.100. The molecule has 6 heteroatoms. The standard InChI is InChI=1S/C24H43N3O3/c1-4-6-7-8-9-10-11-12-13-14-15-16-17-18-19-27-22(21(3)28)20-25-23(27)26-24(29)30-5-2/h20H,4-19H2,1-3H3,(H,25,26,29). The quantitative estimate of drug-likeness (QED) is 0.202. The summed E-state index contributed by atoms with van der Waals surface area (Å²) in [6, 6.07) is 0. The van der Waals surface area contributed by atoms with E-state index in [2.05, 4.69) is 17.2 Å². The number of hydrogen-bond acceptors (Lipinski definition) is 4. The summed E-state index contributed by atoms with van der Waals surface area (Å²) in [6.07, 6.45) is 19.3. The van der Waals surface area contributed by atoms with Crippen molar-refractivity contribution in [3.8, 4) is 0 Å². The molecule has 6 nitrogen and oxygen atoms in total. The molecule has 1 rings (SSSR count). The lowest BCUT2D eigenvalue weighted by atomic mass is 10.0. The minimum absolute atomic E-state index is 0.0511. The van der Waals surface area contributed by atoms with E-state index in [-0.39, 0.29) is 5.78 Å². The molecule has 0 aliphatic rings. The Bertz CT molecular complexity index is 599. The molecule has 1 amide bonds. The Hall–Kier alpha value is -1.85. The molecular weight excluding hydrogens is 378 g/mol. The molecule has 1 aromatic rings. The summed E-state index contributed by atoms with van der Waals surface area (Å²) < 4.78 is 6.70. The lowest BCUT2D eigenvalue weighted by Gasteiger charge is -2.11. The number of hydrogen-bond donors (Lipinski definition) is 1. The maximum absolute atomic E-state index is 11.8. The number of nitrogens with one attached hydrogen (secondary N) is 1. The van der Waals surface area contributed by atoms with Gasteiger partial charge in [-0.15, -0.1) is 0 Å². The first kappa shape index (κ1) is 26.2.